The molecule has 0 amide bonds. The summed E-state index contributed by atoms with van der Waals surface area (Å²) in [7, 11) is 0. The van der Waals surface area contributed by atoms with E-state index in [0.717, 1.165) is 6.20 Å². The van der Waals surface area contributed by atoms with Crippen LogP contribution in [-0.4, -0.2) is 21.0 Å². The van der Waals surface area contributed by atoms with E-state index < -0.39 is 17.4 Å². The second kappa shape index (κ2) is 2.84. The van der Waals surface area contributed by atoms with Gasteiger partial charge in [0.15, 0.2) is 0 Å². The molecule has 0 aliphatic heterocycles. The van der Waals surface area contributed by atoms with Crippen LogP contribution in [0, 0.1) is 11.3 Å². The van der Waals surface area contributed by atoms with Crippen molar-refractivity contribution in [1.82, 2.24) is 9.97 Å². The molecule has 0 radical (unpaired) electrons. The van der Waals surface area contributed by atoms with E-state index in [2.05, 4.69) is 4.98 Å². The maximum atomic E-state index is 10.8. The third-order valence-corrected chi connectivity index (χ3v) is 1.12. The van der Waals surface area contributed by atoms with E-state index in [0.29, 0.717) is 0 Å². The molecule has 0 spiro atoms. The highest BCUT2D eigenvalue weighted by molar-refractivity contribution is 5.82. The van der Waals surface area contributed by atoms with Crippen molar-refractivity contribution < 1.29 is 9.90 Å². The smallest absolute Gasteiger partial charge is 0.372 e. The van der Waals surface area contributed by atoms with Crippen LogP contribution in [0.4, 0.5) is 0 Å². The van der Waals surface area contributed by atoms with Crippen LogP contribution in [0.25, 0.3) is 0 Å². The number of nitrogens with zero attached hydrogens (tertiary/aromatic N) is 2. The molecular formula is C6H3N3O3. The average Bonchev–Trinajstić information content (AvgIpc) is 2.04. The number of nitrogens with one attached hydrogen (secondary N) is 1. The molecule has 0 atom stereocenters. The maximum absolute atomic E-state index is 10.8. The van der Waals surface area contributed by atoms with Crippen molar-refractivity contribution in [2.45, 2.75) is 0 Å². The Morgan fingerprint density at radius 3 is 2.83 bits per heavy atom. The first-order chi connectivity index (χ1) is 5.65. The Bertz CT molecular complexity index is 415. The number of rotatable bonds is 1. The molecule has 1 aromatic rings. The normalized spacial score (nSPS) is 8.92. The van der Waals surface area contributed by atoms with E-state index >= 15 is 0 Å². The number of aromatic nitrogens is 2. The van der Waals surface area contributed by atoms with E-state index in [-0.39, 0.29) is 5.56 Å². The van der Waals surface area contributed by atoms with Gasteiger partial charge < -0.3 is 5.11 Å². The highest BCUT2D eigenvalue weighted by atomic mass is 16.4. The molecule has 12 heavy (non-hydrogen) atoms. The van der Waals surface area contributed by atoms with Gasteiger partial charge in [-0.25, -0.2) is 9.78 Å². The van der Waals surface area contributed by atoms with Gasteiger partial charge in [-0.2, -0.15) is 5.26 Å². The maximum Gasteiger partial charge on any atom is 0.372 e. The molecule has 0 aliphatic rings. The Labute approximate surface area is 66.1 Å². The summed E-state index contributed by atoms with van der Waals surface area (Å²) in [5, 5.41) is 16.6. The zero-order valence-corrected chi connectivity index (χ0v) is 5.74. The molecule has 2 N–H and O–H groups in total. The third-order valence-electron chi connectivity index (χ3n) is 1.12. The number of hydrogen-bond acceptors (Lipinski definition) is 4. The molecule has 0 aliphatic carbocycles. The van der Waals surface area contributed by atoms with Crippen molar-refractivity contribution >= 4 is 5.97 Å². The van der Waals surface area contributed by atoms with Gasteiger partial charge in [-0.05, 0) is 0 Å². The van der Waals surface area contributed by atoms with Crippen LogP contribution in [0.3, 0.4) is 0 Å². The minimum Gasteiger partial charge on any atom is -0.475 e. The number of H-pyrrole nitrogens is 1. The minimum atomic E-state index is -1.34. The van der Waals surface area contributed by atoms with E-state index in [1.54, 1.807) is 6.07 Å². The van der Waals surface area contributed by atoms with Crippen LogP contribution in [0.2, 0.25) is 0 Å². The lowest BCUT2D eigenvalue weighted by Gasteiger charge is -1.91. The van der Waals surface area contributed by atoms with Crippen molar-refractivity contribution in [3.8, 4) is 6.07 Å². The molecule has 1 aromatic heterocycles. The first-order valence-electron chi connectivity index (χ1n) is 2.88. The molecule has 6 heteroatoms. The molecular weight excluding hydrogens is 162 g/mol. The Morgan fingerprint density at radius 1 is 1.75 bits per heavy atom. The van der Waals surface area contributed by atoms with Gasteiger partial charge in [0.05, 0.1) is 6.20 Å². The van der Waals surface area contributed by atoms with Gasteiger partial charge >= 0.3 is 5.97 Å². The number of carboxylic acid groups (broad SMARTS) is 1. The summed E-state index contributed by atoms with van der Waals surface area (Å²) < 4.78 is 0. The average molecular weight is 165 g/mol. The van der Waals surface area contributed by atoms with Gasteiger partial charge in [0.1, 0.15) is 11.6 Å². The van der Waals surface area contributed by atoms with Crippen molar-refractivity contribution in [3.63, 3.8) is 0 Å². The van der Waals surface area contributed by atoms with Crippen molar-refractivity contribution in [2.75, 3.05) is 0 Å². The van der Waals surface area contributed by atoms with Gasteiger partial charge in [0.25, 0.3) is 5.56 Å². The molecule has 0 saturated heterocycles. The molecule has 1 rings (SSSR count). The predicted molar refractivity (Wildman–Crippen MR) is 36.5 cm³/mol. The summed E-state index contributed by atoms with van der Waals surface area (Å²) in [4.78, 5) is 26.3. The largest absolute Gasteiger partial charge is 0.475 e. The fourth-order valence-corrected chi connectivity index (χ4v) is 0.583. The quantitative estimate of drug-likeness (QED) is 0.574. The van der Waals surface area contributed by atoms with Crippen LogP contribution in [0.15, 0.2) is 11.0 Å². The standard InChI is InChI=1S/C6H3N3O3/c7-1-3-2-8-4(6(11)12)9-5(3)10/h2H,(H,11,12)(H,8,9,10). The number of carbonyl (C=O) groups is 1. The number of aromatic carboxylic acids is 1. The number of hydrogen-bond donors (Lipinski definition) is 2. The minimum absolute atomic E-state index is 0.208. The monoisotopic (exact) mass is 165 g/mol. The highest BCUT2D eigenvalue weighted by Gasteiger charge is 2.06. The first kappa shape index (κ1) is 7.94. The van der Waals surface area contributed by atoms with Gasteiger partial charge in [-0.1, -0.05) is 0 Å². The summed E-state index contributed by atoms with van der Waals surface area (Å²) in [6.45, 7) is 0. The fraction of sp³-hybridized carbons (Fsp3) is 0. The topological polar surface area (TPSA) is 107 Å². The van der Waals surface area contributed by atoms with Crippen LogP contribution in [-0.2, 0) is 0 Å². The molecule has 0 fully saturated rings. The van der Waals surface area contributed by atoms with E-state index in [9.17, 15) is 9.59 Å². The Hall–Kier alpha value is -2.16. The van der Waals surface area contributed by atoms with Crippen molar-refractivity contribution in [1.29, 1.82) is 5.26 Å². The predicted octanol–water partition coefficient (Wildman–Crippen LogP) is -0.660. The SMILES string of the molecule is N#Cc1cnc(C(=O)O)[nH]c1=O. The molecule has 1 heterocycles. The molecule has 0 saturated carbocycles. The second-order valence-corrected chi connectivity index (χ2v) is 1.89. The van der Waals surface area contributed by atoms with Gasteiger partial charge in [-0.3, -0.25) is 9.78 Å². The van der Waals surface area contributed by atoms with Gasteiger partial charge in [0.2, 0.25) is 5.82 Å². The Morgan fingerprint density at radius 2 is 2.42 bits per heavy atom. The lowest BCUT2D eigenvalue weighted by Crippen LogP contribution is -2.17. The van der Waals surface area contributed by atoms with Crippen LogP contribution in [0.1, 0.15) is 16.2 Å². The molecule has 0 bridgehead atoms. The zero-order chi connectivity index (χ0) is 9.14. The van der Waals surface area contributed by atoms with Crippen molar-refractivity contribution in [2.24, 2.45) is 0 Å². The number of aromatic amines is 1. The summed E-state index contributed by atoms with van der Waals surface area (Å²) in [5.41, 5.74) is -0.954. The third kappa shape index (κ3) is 1.29. The molecule has 0 aromatic carbocycles. The lowest BCUT2D eigenvalue weighted by atomic mass is 10.4. The zero-order valence-electron chi connectivity index (χ0n) is 5.74. The molecule has 6 nitrogen and oxygen atoms in total. The van der Waals surface area contributed by atoms with Crippen molar-refractivity contribution in [3.05, 3.63) is 27.9 Å². The summed E-state index contributed by atoms with van der Waals surface area (Å²) in [6.07, 6.45) is 0.919. The fourth-order valence-electron chi connectivity index (χ4n) is 0.583. The van der Waals surface area contributed by atoms with E-state index in [1.165, 1.54) is 0 Å². The number of nitriles is 1. The van der Waals surface area contributed by atoms with E-state index in [1.807, 2.05) is 4.98 Å². The summed E-state index contributed by atoms with van der Waals surface area (Å²) in [6, 6.07) is 1.56. The van der Waals surface area contributed by atoms with Gasteiger partial charge in [-0.15, -0.1) is 0 Å². The van der Waals surface area contributed by atoms with E-state index in [4.69, 9.17) is 10.4 Å². The summed E-state index contributed by atoms with van der Waals surface area (Å²) in [5.74, 6) is -1.81. The second-order valence-electron chi connectivity index (χ2n) is 1.89. The highest BCUT2D eigenvalue weighted by Crippen LogP contribution is 1.86. The van der Waals surface area contributed by atoms with Crippen LogP contribution < -0.4 is 5.56 Å². The molecule has 0 unspecified atom stereocenters. The first-order valence-corrected chi connectivity index (χ1v) is 2.88. The van der Waals surface area contributed by atoms with Crippen LogP contribution >= 0.6 is 0 Å². The summed E-state index contributed by atoms with van der Waals surface area (Å²) >= 11 is 0. The molecule has 60 valence electrons. The Balaban J connectivity index is 3.31. The number of carboxylic acids is 1. The van der Waals surface area contributed by atoms with Gasteiger partial charge in [0, 0.05) is 0 Å². The lowest BCUT2D eigenvalue weighted by molar-refractivity contribution is 0.0683. The van der Waals surface area contributed by atoms with Crippen LogP contribution in [0.5, 0.6) is 0 Å². The Kier molecular flexibility index (Phi) is 1.88.